The number of alkyl carbamates (subject to hydrolysis) is 1. The quantitative estimate of drug-likeness (QED) is 0.101. The summed E-state index contributed by atoms with van der Waals surface area (Å²) in [6.07, 6.45) is 6.71. The van der Waals surface area contributed by atoms with E-state index in [4.69, 9.17) is 14.2 Å². The van der Waals surface area contributed by atoms with E-state index in [1.165, 1.54) is 19.3 Å². The number of esters is 1. The highest BCUT2D eigenvalue weighted by atomic mass is 19.1. The fourth-order valence-corrected chi connectivity index (χ4v) is 11.3. The first-order valence-corrected chi connectivity index (χ1v) is 22.4. The molecule has 0 aliphatic heterocycles. The van der Waals surface area contributed by atoms with Gasteiger partial charge in [0.25, 0.3) is 0 Å². The Bertz CT molecular complexity index is 2500. The summed E-state index contributed by atoms with van der Waals surface area (Å²) in [6, 6.07) is 11.9. The molecule has 0 bridgehead atoms. The Morgan fingerprint density at radius 2 is 1.82 bits per heavy atom. The number of fused-ring (bicyclic) bond motifs is 6. The number of Topliss-reactive ketones (excluding diaryl/α,β-unsaturated/α-hetero) is 1. The number of carbonyl (C=O) groups is 5. The van der Waals surface area contributed by atoms with Gasteiger partial charge in [0.2, 0.25) is 11.7 Å². The molecule has 4 N–H and O–H groups in total. The number of H-pyrrole nitrogens is 1. The molecular weight excluding hydrogens is 832 g/mol. The van der Waals surface area contributed by atoms with Crippen molar-refractivity contribution in [2.24, 2.45) is 22.7 Å². The molecule has 65 heavy (non-hydrogen) atoms. The number of methoxy groups -OCH3 is 1. The van der Waals surface area contributed by atoms with E-state index in [0.29, 0.717) is 29.6 Å². The summed E-state index contributed by atoms with van der Waals surface area (Å²) in [4.78, 5) is 73.1. The van der Waals surface area contributed by atoms with Crippen molar-refractivity contribution < 1.29 is 47.7 Å². The number of amides is 2. The maximum absolute atomic E-state index is 17.8. The molecule has 0 spiro atoms. The predicted molar refractivity (Wildman–Crippen MR) is 245 cm³/mol. The van der Waals surface area contributed by atoms with E-state index in [0.717, 1.165) is 22.2 Å². The number of halogens is 1. The smallest absolute Gasteiger partial charge is 0.408 e. The van der Waals surface area contributed by atoms with Gasteiger partial charge in [0.05, 0.1) is 11.7 Å². The number of rotatable bonds is 13. The number of aromatic amines is 1. The number of aliphatic hydroxyl groups excluding tert-OH is 1. The lowest BCUT2D eigenvalue weighted by Gasteiger charge is -2.61. The van der Waals surface area contributed by atoms with Crippen molar-refractivity contribution >= 4 is 46.1 Å². The Morgan fingerprint density at radius 3 is 2.51 bits per heavy atom. The summed E-state index contributed by atoms with van der Waals surface area (Å²) in [7, 11) is 5.14. The van der Waals surface area contributed by atoms with Crippen LogP contribution in [-0.2, 0) is 35.0 Å². The summed E-state index contributed by atoms with van der Waals surface area (Å²) in [5, 5.41) is 18.5. The van der Waals surface area contributed by atoms with Crippen molar-refractivity contribution in [3.63, 3.8) is 0 Å². The molecule has 0 radical (unpaired) electrons. The van der Waals surface area contributed by atoms with Crippen molar-refractivity contribution in [3.05, 3.63) is 101 Å². The third-order valence-electron chi connectivity index (χ3n) is 14.6. The number of aromatic nitrogens is 1. The second-order valence-corrected chi connectivity index (χ2v) is 19.9. The first kappa shape index (κ1) is 47.4. The van der Waals surface area contributed by atoms with Gasteiger partial charge in [-0.25, -0.2) is 14.0 Å². The molecule has 2 aromatic carbocycles. The predicted octanol–water partition coefficient (Wildman–Crippen LogP) is 7.24. The van der Waals surface area contributed by atoms with Gasteiger partial charge in [0.15, 0.2) is 18.1 Å². The summed E-state index contributed by atoms with van der Waals surface area (Å²) in [6.45, 7) is 11.9. The number of hydrogen-bond donors (Lipinski definition) is 4. The van der Waals surface area contributed by atoms with Gasteiger partial charge in [-0.2, -0.15) is 0 Å². The van der Waals surface area contributed by atoms with Crippen LogP contribution >= 0.6 is 0 Å². The van der Waals surface area contributed by atoms with E-state index in [-0.39, 0.29) is 30.7 Å². The van der Waals surface area contributed by atoms with Gasteiger partial charge in [-0.3, -0.25) is 14.4 Å². The topological polar surface area (TPSA) is 176 Å². The number of allylic oxidation sites excluding steroid dienone is 4. The lowest BCUT2D eigenvalue weighted by Crippen LogP contribution is -2.68. The monoisotopic (exact) mass is 894 g/mol. The van der Waals surface area contributed by atoms with Gasteiger partial charge in [-0.05, 0) is 100 Å². The number of aliphatic hydroxyl groups is 1. The molecule has 14 heteroatoms. The van der Waals surface area contributed by atoms with Crippen LogP contribution in [0.3, 0.4) is 0 Å². The van der Waals surface area contributed by atoms with E-state index >= 15 is 4.39 Å². The van der Waals surface area contributed by atoms with E-state index in [1.807, 2.05) is 82.4 Å². The number of ketones is 2. The fourth-order valence-electron chi connectivity index (χ4n) is 11.3. The molecule has 4 aliphatic rings. The van der Waals surface area contributed by atoms with Gasteiger partial charge in [0.1, 0.15) is 17.2 Å². The van der Waals surface area contributed by atoms with E-state index in [1.54, 1.807) is 45.9 Å². The van der Waals surface area contributed by atoms with Crippen LogP contribution < -0.4 is 15.5 Å². The first-order valence-electron chi connectivity index (χ1n) is 22.4. The maximum atomic E-state index is 17.8. The number of hydrogen-bond acceptors (Lipinski definition) is 10. The van der Waals surface area contributed by atoms with Crippen molar-refractivity contribution in [1.82, 2.24) is 15.6 Å². The molecule has 1 aromatic heterocycles. The lowest BCUT2D eigenvalue weighted by molar-refractivity contribution is -0.191. The molecule has 348 valence electrons. The zero-order valence-corrected chi connectivity index (χ0v) is 39.1. The third-order valence-corrected chi connectivity index (χ3v) is 14.6. The fraction of sp³-hybridized carbons (Fsp3) is 0.510. The molecule has 9 atom stereocenters. The standard InChI is InChI=1S/C51H63FN4O9/c1-29(26-54-44(60)41(55-46(62)65-47(3,4)5)22-31-27-53-40-14-12-11-13-35(31)40)37-24-33(56(8)9)16-17-36(37)45(61)64-28-43(59)51(63-10)30(2)21-39-38-18-15-32-23-34(57)19-20-48(32,6)50(38,52)42(58)25-49(39,51)7/h11-14,16-17,19-21,23-24,27,29-30,38,41-42,53,58H,15,18,22,25-26,28H2,1-10H3,(H,54,60)(H,55,62)/t29?,30-,38+,41+,42+,48+,49+,50+,51+/m1/s1. The van der Waals surface area contributed by atoms with Gasteiger partial charge in [0, 0.05) is 79.6 Å². The summed E-state index contributed by atoms with van der Waals surface area (Å²) in [5.41, 5.74) is -2.30. The zero-order valence-electron chi connectivity index (χ0n) is 39.1. The van der Waals surface area contributed by atoms with Gasteiger partial charge >= 0.3 is 12.1 Å². The normalized spacial score (nSPS) is 29.0. The zero-order chi connectivity index (χ0) is 47.4. The number of alkyl halides is 1. The molecule has 0 saturated heterocycles. The molecule has 2 amide bonds. The van der Waals surface area contributed by atoms with E-state index in [9.17, 15) is 29.1 Å². The number of nitrogens with one attached hydrogen (secondary N) is 3. The average Bonchev–Trinajstić information content (AvgIpc) is 3.75. The van der Waals surface area contributed by atoms with Crippen LogP contribution in [0, 0.1) is 22.7 Å². The Kier molecular flexibility index (Phi) is 12.6. The van der Waals surface area contributed by atoms with Crippen molar-refractivity contribution in [1.29, 1.82) is 0 Å². The Hall–Kier alpha value is -5.60. The van der Waals surface area contributed by atoms with Gasteiger partial charge < -0.3 is 39.8 Å². The number of nitrogens with zero attached hydrogens (tertiary/aromatic N) is 1. The molecule has 2 fully saturated rings. The van der Waals surface area contributed by atoms with Crippen LogP contribution in [0.15, 0.2) is 84.1 Å². The highest BCUT2D eigenvalue weighted by molar-refractivity contribution is 6.01. The summed E-state index contributed by atoms with van der Waals surface area (Å²) in [5.74, 6) is -3.73. The SMILES string of the molecule is CO[C@]1(C(=O)COC(=O)c2ccc(N(C)C)cc2C(C)CNC(=O)[C@H](Cc2c[nH]c3ccccc23)NC(=O)OC(C)(C)C)[C@H](C)C=C2[C@@H]3CCC4=CC(=O)C=C[C@]4(C)[C@@]3(F)[C@@H](O)C[C@@]21C. The Morgan fingerprint density at radius 1 is 1.09 bits per heavy atom. The lowest BCUT2D eigenvalue weighted by atomic mass is 9.46. The van der Waals surface area contributed by atoms with Crippen molar-refractivity contribution in [2.45, 2.75) is 109 Å². The summed E-state index contributed by atoms with van der Waals surface area (Å²) < 4.78 is 35.3. The van der Waals surface area contributed by atoms with Crippen molar-refractivity contribution in [2.75, 3.05) is 39.3 Å². The summed E-state index contributed by atoms with van der Waals surface area (Å²) >= 11 is 0. The number of para-hydroxylation sites is 1. The van der Waals surface area contributed by atoms with E-state index in [2.05, 4.69) is 15.6 Å². The molecule has 4 aliphatic carbocycles. The Balaban J connectivity index is 1.09. The van der Waals surface area contributed by atoms with Crippen LogP contribution in [0.2, 0.25) is 0 Å². The highest BCUT2D eigenvalue weighted by Gasteiger charge is 2.73. The van der Waals surface area contributed by atoms with Gasteiger partial charge in [-0.15, -0.1) is 0 Å². The van der Waals surface area contributed by atoms with Gasteiger partial charge in [-0.1, -0.05) is 62.3 Å². The van der Waals surface area contributed by atoms with Crippen LogP contribution in [0.5, 0.6) is 0 Å². The third kappa shape index (κ3) is 8.10. The number of ether oxygens (including phenoxy) is 3. The molecule has 2 saturated carbocycles. The minimum atomic E-state index is -2.14. The Labute approximate surface area is 380 Å². The maximum Gasteiger partial charge on any atom is 0.408 e. The van der Waals surface area contributed by atoms with Crippen LogP contribution in [0.25, 0.3) is 10.9 Å². The largest absolute Gasteiger partial charge is 0.454 e. The molecule has 13 nitrogen and oxygen atoms in total. The molecule has 7 rings (SSSR count). The van der Waals surface area contributed by atoms with Crippen LogP contribution in [0.4, 0.5) is 14.9 Å². The van der Waals surface area contributed by atoms with Crippen molar-refractivity contribution in [3.8, 4) is 0 Å². The average molecular weight is 895 g/mol. The van der Waals surface area contributed by atoms with Crippen LogP contribution in [0.1, 0.15) is 95.1 Å². The van der Waals surface area contributed by atoms with E-state index < -0.39 is 88.0 Å². The highest BCUT2D eigenvalue weighted by Crippen LogP contribution is 2.69. The second-order valence-electron chi connectivity index (χ2n) is 19.9. The first-order chi connectivity index (χ1) is 30.5. The minimum Gasteiger partial charge on any atom is -0.454 e. The molecule has 1 heterocycles. The number of carbonyl (C=O) groups excluding carboxylic acids is 5. The number of benzene rings is 2. The number of anilines is 1. The molecule has 3 aromatic rings. The minimum absolute atomic E-state index is 0.0778. The molecular formula is C51H63FN4O9. The molecule has 1 unspecified atom stereocenters. The van der Waals surface area contributed by atoms with Crippen LogP contribution in [-0.4, -0.2) is 103 Å². The second kappa shape index (κ2) is 17.3.